The summed E-state index contributed by atoms with van der Waals surface area (Å²) in [5, 5.41) is 3.68. The van der Waals surface area contributed by atoms with Crippen LogP contribution >= 0.6 is 11.6 Å². The van der Waals surface area contributed by atoms with Crippen LogP contribution in [-0.2, 0) is 9.53 Å². The molecule has 0 spiro atoms. The van der Waals surface area contributed by atoms with E-state index in [1.165, 1.54) is 0 Å². The molecule has 1 fully saturated rings. The fourth-order valence-electron chi connectivity index (χ4n) is 3.11. The Kier molecular flexibility index (Phi) is 7.54. The van der Waals surface area contributed by atoms with Crippen molar-refractivity contribution in [3.8, 4) is 11.5 Å². The Hall–Kier alpha value is -2.28. The van der Waals surface area contributed by atoms with Gasteiger partial charge in [-0.05, 0) is 42.0 Å². The number of carbonyl (C=O) groups is 1. The van der Waals surface area contributed by atoms with E-state index in [0.717, 1.165) is 24.4 Å². The summed E-state index contributed by atoms with van der Waals surface area (Å²) in [5.74, 6) is 1.20. The van der Waals surface area contributed by atoms with Gasteiger partial charge in [0.15, 0.2) is 6.61 Å². The lowest BCUT2D eigenvalue weighted by Gasteiger charge is -2.35. The third-order valence-electron chi connectivity index (χ3n) is 4.66. The number of halogens is 1. The van der Waals surface area contributed by atoms with Crippen molar-refractivity contribution in [2.24, 2.45) is 0 Å². The molecule has 0 aliphatic carbocycles. The molecule has 7 heteroatoms. The van der Waals surface area contributed by atoms with Gasteiger partial charge < -0.3 is 19.5 Å². The third-order valence-corrected chi connectivity index (χ3v) is 4.92. The molecule has 1 atom stereocenters. The van der Waals surface area contributed by atoms with Gasteiger partial charge in [-0.1, -0.05) is 23.7 Å². The predicted octanol–water partition coefficient (Wildman–Crippen LogP) is 2.92. The largest absolute Gasteiger partial charge is 0.497 e. The maximum atomic E-state index is 12.3. The average molecular weight is 405 g/mol. The Morgan fingerprint density at radius 2 is 1.75 bits per heavy atom. The van der Waals surface area contributed by atoms with Crippen LogP contribution in [0.3, 0.4) is 0 Å². The highest BCUT2D eigenvalue weighted by atomic mass is 35.5. The molecule has 1 heterocycles. The van der Waals surface area contributed by atoms with Crippen molar-refractivity contribution >= 4 is 17.5 Å². The molecule has 150 valence electrons. The van der Waals surface area contributed by atoms with E-state index in [9.17, 15) is 4.79 Å². The number of methoxy groups -OCH3 is 1. The third kappa shape index (κ3) is 5.86. The van der Waals surface area contributed by atoms with E-state index in [2.05, 4.69) is 10.2 Å². The summed E-state index contributed by atoms with van der Waals surface area (Å²) in [4.78, 5) is 14.6. The van der Waals surface area contributed by atoms with Crippen molar-refractivity contribution < 1.29 is 19.0 Å². The first kappa shape index (κ1) is 20.5. The molecule has 0 saturated carbocycles. The summed E-state index contributed by atoms with van der Waals surface area (Å²) in [5.41, 5.74) is 1.11. The second-order valence-electron chi connectivity index (χ2n) is 6.48. The summed E-state index contributed by atoms with van der Waals surface area (Å²) in [6.07, 6.45) is 0. The number of carbonyl (C=O) groups excluding carboxylic acids is 1. The maximum absolute atomic E-state index is 12.3. The first-order chi connectivity index (χ1) is 13.7. The van der Waals surface area contributed by atoms with Crippen LogP contribution in [0.4, 0.5) is 0 Å². The van der Waals surface area contributed by atoms with Crippen LogP contribution < -0.4 is 14.8 Å². The Bertz CT molecular complexity index is 746. The van der Waals surface area contributed by atoms with Gasteiger partial charge in [-0.15, -0.1) is 0 Å². The van der Waals surface area contributed by atoms with E-state index < -0.39 is 0 Å². The molecule has 1 aliphatic heterocycles. The first-order valence-corrected chi connectivity index (χ1v) is 9.64. The van der Waals surface area contributed by atoms with Crippen molar-refractivity contribution in [2.75, 3.05) is 46.6 Å². The predicted molar refractivity (Wildman–Crippen MR) is 108 cm³/mol. The Morgan fingerprint density at radius 1 is 1.11 bits per heavy atom. The molecular formula is C21H25ClN2O4. The summed E-state index contributed by atoms with van der Waals surface area (Å²) in [7, 11) is 1.61. The van der Waals surface area contributed by atoms with Gasteiger partial charge >= 0.3 is 0 Å². The van der Waals surface area contributed by atoms with E-state index >= 15 is 0 Å². The fourth-order valence-corrected chi connectivity index (χ4v) is 3.24. The molecule has 1 N–H and O–H groups in total. The van der Waals surface area contributed by atoms with Crippen LogP contribution in [0.25, 0.3) is 0 Å². The van der Waals surface area contributed by atoms with Gasteiger partial charge in [0.25, 0.3) is 5.91 Å². The molecule has 28 heavy (non-hydrogen) atoms. The number of hydrogen-bond acceptors (Lipinski definition) is 5. The van der Waals surface area contributed by atoms with Crippen molar-refractivity contribution in [3.63, 3.8) is 0 Å². The van der Waals surface area contributed by atoms with Gasteiger partial charge in [-0.25, -0.2) is 0 Å². The van der Waals surface area contributed by atoms with Crippen LogP contribution in [0.5, 0.6) is 11.5 Å². The normalized spacial score (nSPS) is 15.6. The van der Waals surface area contributed by atoms with Gasteiger partial charge in [-0.2, -0.15) is 0 Å². The van der Waals surface area contributed by atoms with Crippen molar-refractivity contribution in [3.05, 3.63) is 59.1 Å². The zero-order chi connectivity index (χ0) is 19.8. The second-order valence-corrected chi connectivity index (χ2v) is 6.92. The number of amides is 1. The molecule has 2 aromatic carbocycles. The lowest BCUT2D eigenvalue weighted by Crippen LogP contribution is -2.44. The first-order valence-electron chi connectivity index (χ1n) is 9.26. The summed E-state index contributed by atoms with van der Waals surface area (Å²) in [6.45, 7) is 3.49. The molecule has 0 aromatic heterocycles. The lowest BCUT2D eigenvalue weighted by molar-refractivity contribution is -0.123. The van der Waals surface area contributed by atoms with Crippen molar-refractivity contribution in [2.45, 2.75) is 6.04 Å². The number of nitrogens with zero attached hydrogens (tertiary/aromatic N) is 1. The molecule has 3 rings (SSSR count). The average Bonchev–Trinajstić information content (AvgIpc) is 2.75. The zero-order valence-electron chi connectivity index (χ0n) is 15.9. The Morgan fingerprint density at radius 3 is 2.39 bits per heavy atom. The zero-order valence-corrected chi connectivity index (χ0v) is 16.7. The maximum Gasteiger partial charge on any atom is 0.258 e. The van der Waals surface area contributed by atoms with Crippen LogP contribution in [0.15, 0.2) is 48.5 Å². The highest BCUT2D eigenvalue weighted by Crippen LogP contribution is 2.23. The highest BCUT2D eigenvalue weighted by molar-refractivity contribution is 6.30. The van der Waals surface area contributed by atoms with Crippen LogP contribution in [0.2, 0.25) is 5.02 Å². The molecule has 6 nitrogen and oxygen atoms in total. The van der Waals surface area contributed by atoms with Crippen LogP contribution in [-0.4, -0.2) is 57.4 Å². The van der Waals surface area contributed by atoms with Gasteiger partial charge in [0.2, 0.25) is 0 Å². The number of hydrogen-bond donors (Lipinski definition) is 1. The van der Waals surface area contributed by atoms with Gasteiger partial charge in [0.1, 0.15) is 11.5 Å². The molecule has 0 radical (unpaired) electrons. The smallest absolute Gasteiger partial charge is 0.258 e. The Labute approximate surface area is 170 Å². The van der Waals surface area contributed by atoms with E-state index in [1.54, 1.807) is 31.4 Å². The number of ether oxygens (including phenoxy) is 3. The highest BCUT2D eigenvalue weighted by Gasteiger charge is 2.23. The standard InChI is InChI=1S/C21H25ClN2O4/c1-26-18-6-8-19(9-7-18)28-15-21(25)23-14-20(24-10-12-27-13-11-24)16-2-4-17(22)5-3-16/h2-9,20H,10-15H2,1H3,(H,23,25)/t20-/m1/s1. The van der Waals surface area contributed by atoms with Gasteiger partial charge in [0.05, 0.1) is 26.4 Å². The quantitative estimate of drug-likeness (QED) is 0.733. The molecular weight excluding hydrogens is 380 g/mol. The fraction of sp³-hybridized carbons (Fsp3) is 0.381. The molecule has 2 aromatic rings. The summed E-state index contributed by atoms with van der Waals surface area (Å²) in [6, 6.07) is 15.0. The van der Waals surface area contributed by atoms with Crippen LogP contribution in [0.1, 0.15) is 11.6 Å². The lowest BCUT2D eigenvalue weighted by atomic mass is 10.0. The number of rotatable bonds is 8. The van der Waals surface area contributed by atoms with Gasteiger partial charge in [-0.3, -0.25) is 9.69 Å². The monoisotopic (exact) mass is 404 g/mol. The minimum Gasteiger partial charge on any atom is -0.497 e. The van der Waals surface area contributed by atoms with Crippen LogP contribution in [0, 0.1) is 0 Å². The molecule has 1 saturated heterocycles. The summed E-state index contributed by atoms with van der Waals surface area (Å²) < 4.78 is 16.1. The topological polar surface area (TPSA) is 60.0 Å². The summed E-state index contributed by atoms with van der Waals surface area (Å²) >= 11 is 6.02. The van der Waals surface area contributed by atoms with E-state index in [1.807, 2.05) is 24.3 Å². The Balaban J connectivity index is 1.55. The van der Waals surface area contributed by atoms with Crippen molar-refractivity contribution in [1.82, 2.24) is 10.2 Å². The number of benzene rings is 2. The van der Waals surface area contributed by atoms with E-state index in [-0.39, 0.29) is 18.6 Å². The second kappa shape index (κ2) is 10.3. The number of morpholine rings is 1. The number of nitrogens with one attached hydrogen (secondary N) is 1. The van der Waals surface area contributed by atoms with E-state index in [0.29, 0.717) is 30.5 Å². The minimum absolute atomic E-state index is 0.0389. The van der Waals surface area contributed by atoms with Crippen molar-refractivity contribution in [1.29, 1.82) is 0 Å². The molecule has 1 aliphatic rings. The molecule has 1 amide bonds. The van der Waals surface area contributed by atoms with E-state index in [4.69, 9.17) is 25.8 Å². The van der Waals surface area contributed by atoms with Gasteiger partial charge in [0, 0.05) is 24.7 Å². The SMILES string of the molecule is COc1ccc(OCC(=O)NC[C@H](c2ccc(Cl)cc2)N2CCOCC2)cc1. The minimum atomic E-state index is -0.164. The molecule has 0 unspecified atom stereocenters. The molecule has 0 bridgehead atoms.